The Morgan fingerprint density at radius 1 is 1.29 bits per heavy atom. The Labute approximate surface area is 164 Å². The number of piperidine rings is 2. The molecule has 2 saturated heterocycles. The predicted molar refractivity (Wildman–Crippen MR) is 104 cm³/mol. The summed E-state index contributed by atoms with van der Waals surface area (Å²) in [6.45, 7) is 3.17. The van der Waals surface area contributed by atoms with Crippen LogP contribution in [0.25, 0.3) is 11.3 Å². The van der Waals surface area contributed by atoms with Crippen LogP contribution in [0.2, 0.25) is 0 Å². The zero-order chi connectivity index (χ0) is 19.7. The summed E-state index contributed by atoms with van der Waals surface area (Å²) in [5, 5.41) is 7.23. The average molecular weight is 386 g/mol. The van der Waals surface area contributed by atoms with Gasteiger partial charge in [-0.25, -0.2) is 4.39 Å². The lowest BCUT2D eigenvalue weighted by Gasteiger charge is -2.47. The maximum Gasteiger partial charge on any atom is 0.228 e. The molecular formula is C21H27FN4O2. The van der Waals surface area contributed by atoms with E-state index in [2.05, 4.69) is 15.1 Å². The Balaban J connectivity index is 1.44. The molecule has 1 N–H and O–H groups in total. The molecule has 2 fully saturated rings. The minimum atomic E-state index is -0.291. The highest BCUT2D eigenvalue weighted by atomic mass is 19.1. The number of H-pyrrole nitrogens is 1. The SMILES string of the molecule is COC1CN(C)C(=O)C2(CCN(Cc3cn[nH]c3-c3ccc(F)cc3)CC2)C1. The maximum atomic E-state index is 13.2. The lowest BCUT2D eigenvalue weighted by molar-refractivity contribution is -0.156. The van der Waals surface area contributed by atoms with Crippen LogP contribution in [-0.4, -0.2) is 65.8 Å². The van der Waals surface area contributed by atoms with E-state index in [1.165, 1.54) is 12.1 Å². The topological polar surface area (TPSA) is 61.5 Å². The van der Waals surface area contributed by atoms with Gasteiger partial charge in [-0.1, -0.05) is 0 Å². The van der Waals surface area contributed by atoms with Crippen LogP contribution in [0.1, 0.15) is 24.8 Å². The summed E-state index contributed by atoms with van der Waals surface area (Å²) >= 11 is 0. The van der Waals surface area contributed by atoms with Crippen molar-refractivity contribution < 1.29 is 13.9 Å². The van der Waals surface area contributed by atoms with Crippen LogP contribution in [0, 0.1) is 11.2 Å². The van der Waals surface area contributed by atoms with Crippen LogP contribution in [0.3, 0.4) is 0 Å². The van der Waals surface area contributed by atoms with E-state index in [0.29, 0.717) is 6.54 Å². The molecule has 1 spiro atoms. The van der Waals surface area contributed by atoms with Crippen LogP contribution in [0.5, 0.6) is 0 Å². The Kier molecular flexibility index (Phi) is 5.21. The van der Waals surface area contributed by atoms with Crippen LogP contribution in [-0.2, 0) is 16.1 Å². The Morgan fingerprint density at radius 2 is 2.00 bits per heavy atom. The van der Waals surface area contributed by atoms with Gasteiger partial charge in [0.25, 0.3) is 0 Å². The second-order valence-corrected chi connectivity index (χ2v) is 8.08. The number of carbonyl (C=O) groups is 1. The molecule has 6 nitrogen and oxygen atoms in total. The van der Waals surface area contributed by atoms with E-state index < -0.39 is 0 Å². The van der Waals surface area contributed by atoms with Crippen molar-refractivity contribution in [2.75, 3.05) is 33.8 Å². The number of hydrogen-bond donors (Lipinski definition) is 1. The molecule has 1 aromatic heterocycles. The van der Waals surface area contributed by atoms with E-state index >= 15 is 0 Å². The number of nitrogens with one attached hydrogen (secondary N) is 1. The van der Waals surface area contributed by atoms with Crippen molar-refractivity contribution in [1.29, 1.82) is 0 Å². The summed E-state index contributed by atoms with van der Waals surface area (Å²) in [6, 6.07) is 6.45. The highest BCUT2D eigenvalue weighted by Crippen LogP contribution is 2.41. The van der Waals surface area contributed by atoms with Crippen molar-refractivity contribution in [1.82, 2.24) is 20.0 Å². The number of nitrogens with zero attached hydrogens (tertiary/aromatic N) is 3. The number of benzene rings is 1. The molecule has 1 amide bonds. The molecular weight excluding hydrogens is 359 g/mol. The van der Waals surface area contributed by atoms with Crippen LogP contribution in [0.15, 0.2) is 30.5 Å². The largest absolute Gasteiger partial charge is 0.380 e. The molecule has 150 valence electrons. The highest BCUT2D eigenvalue weighted by molar-refractivity contribution is 5.83. The first-order chi connectivity index (χ1) is 13.5. The van der Waals surface area contributed by atoms with Gasteiger partial charge in [0.2, 0.25) is 5.91 Å². The standard InChI is InChI=1S/C21H27FN4O2/c1-25-14-18(28-2)11-21(20(25)27)7-9-26(10-8-21)13-16-12-23-24-19(16)15-3-5-17(22)6-4-15/h3-6,12,18H,7-11,13-14H2,1-2H3,(H,23,24). The second kappa shape index (κ2) is 7.64. The smallest absolute Gasteiger partial charge is 0.228 e. The number of carbonyl (C=O) groups excluding carboxylic acids is 1. The third-order valence-electron chi connectivity index (χ3n) is 6.29. The zero-order valence-electron chi connectivity index (χ0n) is 16.4. The number of aromatic amines is 1. The number of amides is 1. The van der Waals surface area contributed by atoms with E-state index in [9.17, 15) is 9.18 Å². The third-order valence-corrected chi connectivity index (χ3v) is 6.29. The molecule has 2 aromatic rings. The molecule has 2 aliphatic rings. The molecule has 3 heterocycles. The molecule has 0 bridgehead atoms. The summed E-state index contributed by atoms with van der Waals surface area (Å²) in [4.78, 5) is 17.1. The Hall–Kier alpha value is -2.25. The zero-order valence-corrected chi connectivity index (χ0v) is 16.4. The van der Waals surface area contributed by atoms with Crippen LogP contribution < -0.4 is 0 Å². The van der Waals surface area contributed by atoms with E-state index in [0.717, 1.165) is 55.7 Å². The van der Waals surface area contributed by atoms with Gasteiger partial charge >= 0.3 is 0 Å². The average Bonchev–Trinajstić information content (AvgIpc) is 3.16. The fourth-order valence-electron chi connectivity index (χ4n) is 4.63. The fourth-order valence-corrected chi connectivity index (χ4v) is 4.63. The molecule has 1 atom stereocenters. The first-order valence-corrected chi connectivity index (χ1v) is 9.80. The number of halogens is 1. The molecule has 1 aromatic carbocycles. The molecule has 0 saturated carbocycles. The summed E-state index contributed by atoms with van der Waals surface area (Å²) in [6.07, 6.45) is 4.46. The minimum Gasteiger partial charge on any atom is -0.380 e. The highest BCUT2D eigenvalue weighted by Gasteiger charge is 2.47. The number of rotatable bonds is 4. The maximum absolute atomic E-state index is 13.2. The Morgan fingerprint density at radius 3 is 2.68 bits per heavy atom. The number of methoxy groups -OCH3 is 1. The van der Waals surface area contributed by atoms with Gasteiger partial charge in [0.15, 0.2) is 0 Å². The van der Waals surface area contributed by atoms with E-state index in [-0.39, 0.29) is 23.2 Å². The fraction of sp³-hybridized carbons (Fsp3) is 0.524. The van der Waals surface area contributed by atoms with Crippen LogP contribution >= 0.6 is 0 Å². The van der Waals surface area contributed by atoms with Gasteiger partial charge in [-0.2, -0.15) is 5.10 Å². The number of likely N-dealkylation sites (tertiary alicyclic amines) is 2. The van der Waals surface area contributed by atoms with Crippen molar-refractivity contribution >= 4 is 5.91 Å². The summed E-state index contributed by atoms with van der Waals surface area (Å²) in [5.74, 6) is 0.0124. The van der Waals surface area contributed by atoms with Crippen molar-refractivity contribution in [2.24, 2.45) is 5.41 Å². The molecule has 4 rings (SSSR count). The molecule has 0 aliphatic carbocycles. The van der Waals surface area contributed by atoms with Gasteiger partial charge in [0.05, 0.1) is 23.4 Å². The molecule has 0 radical (unpaired) electrons. The van der Waals surface area contributed by atoms with Crippen LogP contribution in [0.4, 0.5) is 4.39 Å². The molecule has 28 heavy (non-hydrogen) atoms. The van der Waals surface area contributed by atoms with Crippen molar-refractivity contribution in [3.05, 3.63) is 41.8 Å². The Bertz CT molecular complexity index is 827. The third kappa shape index (κ3) is 3.56. The molecule has 2 aliphatic heterocycles. The van der Waals surface area contributed by atoms with Crippen molar-refractivity contribution in [2.45, 2.75) is 31.9 Å². The second-order valence-electron chi connectivity index (χ2n) is 8.08. The minimum absolute atomic E-state index is 0.119. The monoisotopic (exact) mass is 386 g/mol. The predicted octanol–water partition coefficient (Wildman–Crippen LogP) is 2.68. The quantitative estimate of drug-likeness (QED) is 0.878. The first-order valence-electron chi connectivity index (χ1n) is 9.80. The van der Waals surface area contributed by atoms with Gasteiger partial charge in [-0.05, 0) is 56.6 Å². The lowest BCUT2D eigenvalue weighted by atomic mass is 9.71. The molecule has 1 unspecified atom stereocenters. The summed E-state index contributed by atoms with van der Waals surface area (Å²) in [5.41, 5.74) is 2.65. The summed E-state index contributed by atoms with van der Waals surface area (Å²) < 4.78 is 18.8. The van der Waals surface area contributed by atoms with Gasteiger partial charge in [0, 0.05) is 38.4 Å². The molecule has 7 heteroatoms. The summed E-state index contributed by atoms with van der Waals surface area (Å²) in [7, 11) is 3.61. The van der Waals surface area contributed by atoms with E-state index in [1.807, 2.05) is 18.1 Å². The van der Waals surface area contributed by atoms with Gasteiger partial charge in [-0.3, -0.25) is 14.8 Å². The number of aromatic nitrogens is 2. The van der Waals surface area contributed by atoms with E-state index in [1.54, 1.807) is 19.2 Å². The van der Waals surface area contributed by atoms with Crippen molar-refractivity contribution in [3.8, 4) is 11.3 Å². The first kappa shape index (κ1) is 19.1. The van der Waals surface area contributed by atoms with Gasteiger partial charge in [0.1, 0.15) is 5.82 Å². The number of hydrogen-bond acceptors (Lipinski definition) is 4. The van der Waals surface area contributed by atoms with Gasteiger partial charge in [-0.15, -0.1) is 0 Å². The number of ether oxygens (including phenoxy) is 1. The van der Waals surface area contributed by atoms with Gasteiger partial charge < -0.3 is 9.64 Å². The van der Waals surface area contributed by atoms with E-state index in [4.69, 9.17) is 4.74 Å². The lowest BCUT2D eigenvalue weighted by Crippen LogP contribution is -2.56. The van der Waals surface area contributed by atoms with Crippen molar-refractivity contribution in [3.63, 3.8) is 0 Å². The normalized spacial score (nSPS) is 22.8. The number of likely N-dealkylation sites (N-methyl/N-ethyl adjacent to an activating group) is 1.